The molecule has 0 atom stereocenters. The summed E-state index contributed by atoms with van der Waals surface area (Å²) >= 11 is 12.2. The lowest BCUT2D eigenvalue weighted by molar-refractivity contribution is 0.844. The van der Waals surface area contributed by atoms with Gasteiger partial charge in [0.1, 0.15) is 12.7 Å². The van der Waals surface area contributed by atoms with E-state index in [-0.39, 0.29) is 0 Å². The molecular formula is C14H11Cl2N5. The predicted molar refractivity (Wildman–Crippen MR) is 82.9 cm³/mol. The number of anilines is 1. The Kier molecular flexibility index (Phi) is 4.03. The maximum absolute atomic E-state index is 6.18. The smallest absolute Gasteiger partial charge is 0.178 e. The van der Waals surface area contributed by atoms with E-state index in [0.717, 1.165) is 11.3 Å². The molecule has 0 saturated heterocycles. The summed E-state index contributed by atoms with van der Waals surface area (Å²) in [5.74, 6) is 0.674. The maximum atomic E-state index is 6.18. The Morgan fingerprint density at radius 1 is 1.14 bits per heavy atom. The first-order chi connectivity index (χ1) is 10.3. The van der Waals surface area contributed by atoms with Gasteiger partial charge in [-0.25, -0.2) is 14.6 Å². The van der Waals surface area contributed by atoms with Crippen LogP contribution in [0.3, 0.4) is 0 Å². The van der Waals surface area contributed by atoms with Crippen LogP contribution in [0.5, 0.6) is 0 Å². The molecule has 0 aliphatic heterocycles. The monoisotopic (exact) mass is 319 g/mol. The van der Waals surface area contributed by atoms with Gasteiger partial charge in [0, 0.05) is 12.7 Å². The molecule has 0 amide bonds. The molecule has 3 aromatic rings. The summed E-state index contributed by atoms with van der Waals surface area (Å²) < 4.78 is 1.60. The zero-order valence-corrected chi connectivity index (χ0v) is 12.4. The first-order valence-electron chi connectivity index (χ1n) is 6.22. The highest BCUT2D eigenvalue weighted by molar-refractivity contribution is 6.42. The van der Waals surface area contributed by atoms with E-state index >= 15 is 0 Å². The van der Waals surface area contributed by atoms with Crippen LogP contribution in [0.1, 0.15) is 5.56 Å². The van der Waals surface area contributed by atoms with Gasteiger partial charge < -0.3 is 5.32 Å². The number of nitrogens with zero attached hydrogens (tertiary/aromatic N) is 4. The van der Waals surface area contributed by atoms with Gasteiger partial charge in [-0.3, -0.25) is 0 Å². The Hall–Kier alpha value is -2.11. The SMILES string of the molecule is Clc1cccc(CNc2cccnc2-n2cncn2)c1Cl. The van der Waals surface area contributed by atoms with Crippen LogP contribution in [0, 0.1) is 0 Å². The van der Waals surface area contributed by atoms with E-state index in [1.165, 1.54) is 6.33 Å². The Balaban J connectivity index is 1.85. The van der Waals surface area contributed by atoms with Crippen molar-refractivity contribution in [3.8, 4) is 5.82 Å². The zero-order valence-electron chi connectivity index (χ0n) is 10.9. The molecular weight excluding hydrogens is 309 g/mol. The summed E-state index contributed by atoms with van der Waals surface area (Å²) in [6.45, 7) is 0.535. The number of aromatic nitrogens is 4. The van der Waals surface area contributed by atoms with Gasteiger partial charge in [0.15, 0.2) is 5.82 Å². The van der Waals surface area contributed by atoms with Gasteiger partial charge in [0.2, 0.25) is 0 Å². The van der Waals surface area contributed by atoms with Crippen LogP contribution < -0.4 is 5.32 Å². The molecule has 7 heteroatoms. The fourth-order valence-electron chi connectivity index (χ4n) is 1.91. The molecule has 21 heavy (non-hydrogen) atoms. The minimum Gasteiger partial charge on any atom is -0.378 e. The molecule has 0 unspecified atom stereocenters. The lowest BCUT2D eigenvalue weighted by Crippen LogP contribution is -2.07. The van der Waals surface area contributed by atoms with Crippen LogP contribution in [-0.4, -0.2) is 19.7 Å². The average molecular weight is 320 g/mol. The van der Waals surface area contributed by atoms with E-state index in [0.29, 0.717) is 22.4 Å². The highest BCUT2D eigenvalue weighted by Crippen LogP contribution is 2.26. The van der Waals surface area contributed by atoms with E-state index in [4.69, 9.17) is 23.2 Å². The van der Waals surface area contributed by atoms with Crippen molar-refractivity contribution in [3.63, 3.8) is 0 Å². The van der Waals surface area contributed by atoms with E-state index in [9.17, 15) is 0 Å². The Bertz CT molecular complexity index is 743. The Labute approximate surface area is 131 Å². The molecule has 5 nitrogen and oxygen atoms in total. The average Bonchev–Trinajstić information content (AvgIpc) is 3.03. The summed E-state index contributed by atoms with van der Waals surface area (Å²) in [6, 6.07) is 9.32. The van der Waals surface area contributed by atoms with Crippen LogP contribution in [0.25, 0.3) is 5.82 Å². The van der Waals surface area contributed by atoms with Crippen molar-refractivity contribution in [2.45, 2.75) is 6.54 Å². The topological polar surface area (TPSA) is 55.6 Å². The minimum absolute atomic E-state index is 0.535. The second-order valence-corrected chi connectivity index (χ2v) is 5.07. The third-order valence-electron chi connectivity index (χ3n) is 2.92. The number of pyridine rings is 1. The van der Waals surface area contributed by atoms with Crippen molar-refractivity contribution in [3.05, 3.63) is 64.8 Å². The number of hydrogen-bond acceptors (Lipinski definition) is 4. The largest absolute Gasteiger partial charge is 0.378 e. The molecule has 1 N–H and O–H groups in total. The molecule has 3 rings (SSSR count). The molecule has 1 aromatic carbocycles. The van der Waals surface area contributed by atoms with Crippen molar-refractivity contribution < 1.29 is 0 Å². The van der Waals surface area contributed by atoms with Crippen molar-refractivity contribution in [2.75, 3.05) is 5.32 Å². The summed E-state index contributed by atoms with van der Waals surface area (Å²) in [7, 11) is 0. The fraction of sp³-hybridized carbons (Fsp3) is 0.0714. The number of nitrogens with one attached hydrogen (secondary N) is 1. The van der Waals surface area contributed by atoms with Crippen molar-refractivity contribution >= 4 is 28.9 Å². The third-order valence-corrected chi connectivity index (χ3v) is 3.78. The van der Waals surface area contributed by atoms with Crippen molar-refractivity contribution in [2.24, 2.45) is 0 Å². The molecule has 0 aliphatic carbocycles. The van der Waals surface area contributed by atoms with E-state index in [2.05, 4.69) is 20.4 Å². The van der Waals surface area contributed by atoms with E-state index < -0.39 is 0 Å². The molecule has 2 heterocycles. The highest BCUT2D eigenvalue weighted by Gasteiger charge is 2.08. The number of rotatable bonds is 4. The summed E-state index contributed by atoms with van der Waals surface area (Å²) in [6.07, 6.45) is 4.76. The van der Waals surface area contributed by atoms with Gasteiger partial charge in [-0.15, -0.1) is 0 Å². The first kappa shape index (κ1) is 13.9. The van der Waals surface area contributed by atoms with Crippen molar-refractivity contribution in [1.29, 1.82) is 0 Å². The molecule has 0 bridgehead atoms. The van der Waals surface area contributed by atoms with E-state index in [1.54, 1.807) is 23.3 Å². The summed E-state index contributed by atoms with van der Waals surface area (Å²) in [5.41, 5.74) is 1.75. The van der Waals surface area contributed by atoms with E-state index in [1.807, 2.05) is 24.3 Å². The van der Waals surface area contributed by atoms with Gasteiger partial charge in [-0.05, 0) is 23.8 Å². The van der Waals surface area contributed by atoms with Crippen LogP contribution in [-0.2, 0) is 6.54 Å². The highest BCUT2D eigenvalue weighted by atomic mass is 35.5. The molecule has 2 aromatic heterocycles. The Morgan fingerprint density at radius 3 is 2.86 bits per heavy atom. The minimum atomic E-state index is 0.535. The fourth-order valence-corrected chi connectivity index (χ4v) is 2.30. The molecule has 0 saturated carbocycles. The molecule has 0 fully saturated rings. The molecule has 0 aliphatic rings. The van der Waals surface area contributed by atoms with Gasteiger partial charge >= 0.3 is 0 Å². The number of halogens is 2. The van der Waals surface area contributed by atoms with Gasteiger partial charge in [-0.2, -0.15) is 5.10 Å². The second kappa shape index (κ2) is 6.11. The maximum Gasteiger partial charge on any atom is 0.178 e. The zero-order chi connectivity index (χ0) is 14.7. The number of benzene rings is 1. The molecule has 106 valence electrons. The normalized spacial score (nSPS) is 10.6. The molecule has 0 spiro atoms. The summed E-state index contributed by atoms with van der Waals surface area (Å²) in [5, 5.41) is 8.48. The van der Waals surface area contributed by atoms with Crippen LogP contribution in [0.2, 0.25) is 10.0 Å². The lowest BCUT2D eigenvalue weighted by atomic mass is 10.2. The number of hydrogen-bond donors (Lipinski definition) is 1. The van der Waals surface area contributed by atoms with Gasteiger partial charge in [0.05, 0.1) is 15.7 Å². The third kappa shape index (κ3) is 2.99. The van der Waals surface area contributed by atoms with Crippen LogP contribution in [0.15, 0.2) is 49.2 Å². The Morgan fingerprint density at radius 2 is 2.05 bits per heavy atom. The van der Waals surface area contributed by atoms with Gasteiger partial charge in [0.25, 0.3) is 0 Å². The van der Waals surface area contributed by atoms with Gasteiger partial charge in [-0.1, -0.05) is 35.3 Å². The summed E-state index contributed by atoms with van der Waals surface area (Å²) in [4.78, 5) is 8.24. The quantitative estimate of drug-likeness (QED) is 0.798. The lowest BCUT2D eigenvalue weighted by Gasteiger charge is -2.12. The predicted octanol–water partition coefficient (Wildman–Crippen LogP) is 3.58. The standard InChI is InChI=1S/C14H11Cl2N5/c15-11-4-1-3-10(13(11)16)7-19-12-5-2-6-18-14(12)21-9-17-8-20-21/h1-6,8-9,19H,7H2. The molecule has 0 radical (unpaired) electrons. The van der Waals surface area contributed by atoms with Crippen LogP contribution >= 0.6 is 23.2 Å². The van der Waals surface area contributed by atoms with Crippen LogP contribution in [0.4, 0.5) is 5.69 Å². The first-order valence-corrected chi connectivity index (χ1v) is 6.98. The second-order valence-electron chi connectivity index (χ2n) is 4.28. The van der Waals surface area contributed by atoms with Crippen molar-refractivity contribution in [1.82, 2.24) is 19.7 Å².